The molecule has 1 fully saturated rings. The molecule has 84 valence electrons. The van der Waals surface area contributed by atoms with Gasteiger partial charge in [0, 0.05) is 38.9 Å². The molecule has 0 amide bonds. The number of nitrogens with zero attached hydrogens (tertiary/aromatic N) is 1. The Kier molecular flexibility index (Phi) is 6.15. The van der Waals surface area contributed by atoms with Gasteiger partial charge in [0.25, 0.3) is 0 Å². The second-order valence-corrected chi connectivity index (χ2v) is 4.08. The first-order valence-electron chi connectivity index (χ1n) is 5.82. The highest BCUT2D eigenvalue weighted by Gasteiger charge is 2.19. The highest BCUT2D eigenvalue weighted by Crippen LogP contribution is 2.17. The Labute approximate surface area is 87.8 Å². The van der Waals surface area contributed by atoms with Crippen molar-refractivity contribution in [2.24, 2.45) is 0 Å². The first-order valence-corrected chi connectivity index (χ1v) is 5.82. The lowest BCUT2D eigenvalue weighted by Crippen LogP contribution is -2.31. The Morgan fingerprint density at radius 2 is 2.14 bits per heavy atom. The van der Waals surface area contributed by atoms with Gasteiger partial charge in [-0.25, -0.2) is 0 Å². The van der Waals surface area contributed by atoms with Gasteiger partial charge >= 0.3 is 0 Å². The Bertz CT molecular complexity index is 137. The normalized spacial score (nSPS) is 16.5. The molecule has 0 unspecified atom stereocenters. The van der Waals surface area contributed by atoms with Crippen LogP contribution < -0.4 is 5.32 Å². The minimum atomic E-state index is 0.840. The smallest absolute Gasteiger partial charge is 0.0478 e. The first kappa shape index (κ1) is 12.0. The molecule has 0 spiro atoms. The Hall–Kier alpha value is -0.120. The lowest BCUT2D eigenvalue weighted by atomic mass is 10.4. The van der Waals surface area contributed by atoms with E-state index in [0.717, 1.165) is 45.3 Å². The van der Waals surface area contributed by atoms with E-state index in [4.69, 9.17) is 4.74 Å². The Balaban J connectivity index is 1.79. The SMILES string of the molecule is CCOCCCN(C)CCNC1CC1. The van der Waals surface area contributed by atoms with Crippen molar-refractivity contribution in [3.05, 3.63) is 0 Å². The number of ether oxygens (including phenoxy) is 1. The number of likely N-dealkylation sites (N-methyl/N-ethyl adjacent to an activating group) is 1. The van der Waals surface area contributed by atoms with Crippen molar-refractivity contribution in [2.75, 3.05) is 39.9 Å². The largest absolute Gasteiger partial charge is 0.382 e. The van der Waals surface area contributed by atoms with Gasteiger partial charge in [-0.05, 0) is 33.2 Å². The first-order chi connectivity index (χ1) is 6.83. The van der Waals surface area contributed by atoms with Crippen LogP contribution in [0.4, 0.5) is 0 Å². The summed E-state index contributed by atoms with van der Waals surface area (Å²) < 4.78 is 5.29. The molecule has 0 atom stereocenters. The van der Waals surface area contributed by atoms with Gasteiger partial charge in [0.1, 0.15) is 0 Å². The summed E-state index contributed by atoms with van der Waals surface area (Å²) in [7, 11) is 2.18. The van der Waals surface area contributed by atoms with Crippen LogP contribution in [-0.4, -0.2) is 50.8 Å². The van der Waals surface area contributed by atoms with Crippen molar-refractivity contribution in [3.8, 4) is 0 Å². The molecule has 1 N–H and O–H groups in total. The molecule has 1 aliphatic carbocycles. The minimum Gasteiger partial charge on any atom is -0.382 e. The molecular weight excluding hydrogens is 176 g/mol. The molecule has 0 bridgehead atoms. The number of hydrogen-bond acceptors (Lipinski definition) is 3. The van der Waals surface area contributed by atoms with Crippen LogP contribution in [0, 0.1) is 0 Å². The third-order valence-corrected chi connectivity index (χ3v) is 2.54. The maximum atomic E-state index is 5.29. The molecule has 14 heavy (non-hydrogen) atoms. The van der Waals surface area contributed by atoms with Crippen LogP contribution in [0.25, 0.3) is 0 Å². The van der Waals surface area contributed by atoms with Crippen molar-refractivity contribution in [1.29, 1.82) is 0 Å². The van der Waals surface area contributed by atoms with Gasteiger partial charge in [-0.3, -0.25) is 0 Å². The molecule has 0 aliphatic heterocycles. The Morgan fingerprint density at radius 3 is 2.79 bits per heavy atom. The molecule has 0 heterocycles. The van der Waals surface area contributed by atoms with E-state index in [1.807, 2.05) is 6.92 Å². The van der Waals surface area contributed by atoms with Crippen LogP contribution in [0.15, 0.2) is 0 Å². The van der Waals surface area contributed by atoms with Crippen molar-refractivity contribution < 1.29 is 4.74 Å². The zero-order chi connectivity index (χ0) is 10.2. The second-order valence-electron chi connectivity index (χ2n) is 4.08. The van der Waals surface area contributed by atoms with Crippen molar-refractivity contribution in [1.82, 2.24) is 10.2 Å². The highest BCUT2D eigenvalue weighted by molar-refractivity contribution is 4.80. The maximum absolute atomic E-state index is 5.29. The molecule has 0 radical (unpaired) electrons. The molecule has 0 aromatic heterocycles. The maximum Gasteiger partial charge on any atom is 0.0478 e. The molecule has 1 aliphatic rings. The highest BCUT2D eigenvalue weighted by atomic mass is 16.5. The molecule has 1 saturated carbocycles. The summed E-state index contributed by atoms with van der Waals surface area (Å²) in [4.78, 5) is 2.37. The summed E-state index contributed by atoms with van der Waals surface area (Å²) in [5, 5.41) is 3.52. The molecule has 3 heteroatoms. The van der Waals surface area contributed by atoms with Gasteiger partial charge in [-0.1, -0.05) is 0 Å². The van der Waals surface area contributed by atoms with E-state index < -0.39 is 0 Å². The van der Waals surface area contributed by atoms with E-state index in [-0.39, 0.29) is 0 Å². The summed E-state index contributed by atoms with van der Waals surface area (Å²) >= 11 is 0. The molecule has 1 rings (SSSR count). The van der Waals surface area contributed by atoms with Crippen molar-refractivity contribution in [2.45, 2.75) is 32.2 Å². The van der Waals surface area contributed by atoms with E-state index in [9.17, 15) is 0 Å². The quantitative estimate of drug-likeness (QED) is 0.564. The van der Waals surface area contributed by atoms with E-state index in [1.54, 1.807) is 0 Å². The Morgan fingerprint density at radius 1 is 1.36 bits per heavy atom. The zero-order valence-corrected chi connectivity index (χ0v) is 9.59. The third-order valence-electron chi connectivity index (χ3n) is 2.54. The fourth-order valence-electron chi connectivity index (χ4n) is 1.44. The summed E-state index contributed by atoms with van der Waals surface area (Å²) in [6.45, 7) is 7.22. The monoisotopic (exact) mass is 200 g/mol. The predicted octanol–water partition coefficient (Wildman–Crippen LogP) is 1.10. The third kappa shape index (κ3) is 6.35. The van der Waals surface area contributed by atoms with Gasteiger partial charge in [0.05, 0.1) is 0 Å². The topological polar surface area (TPSA) is 24.5 Å². The predicted molar refractivity (Wildman–Crippen MR) is 59.6 cm³/mol. The van der Waals surface area contributed by atoms with Gasteiger partial charge in [-0.15, -0.1) is 0 Å². The molecule has 0 aromatic rings. The van der Waals surface area contributed by atoms with Gasteiger partial charge < -0.3 is 15.0 Å². The summed E-state index contributed by atoms with van der Waals surface area (Å²) in [5.41, 5.74) is 0. The summed E-state index contributed by atoms with van der Waals surface area (Å²) in [6, 6.07) is 0.840. The molecule has 3 nitrogen and oxygen atoms in total. The van der Waals surface area contributed by atoms with Crippen molar-refractivity contribution in [3.63, 3.8) is 0 Å². The zero-order valence-electron chi connectivity index (χ0n) is 9.59. The van der Waals surface area contributed by atoms with E-state index in [2.05, 4.69) is 17.3 Å². The van der Waals surface area contributed by atoms with Crippen LogP contribution in [0.1, 0.15) is 26.2 Å². The van der Waals surface area contributed by atoms with Gasteiger partial charge in [0.15, 0.2) is 0 Å². The van der Waals surface area contributed by atoms with E-state index in [0.29, 0.717) is 0 Å². The number of rotatable bonds is 9. The average Bonchev–Trinajstić information content (AvgIpc) is 2.96. The number of nitrogens with one attached hydrogen (secondary N) is 1. The average molecular weight is 200 g/mol. The van der Waals surface area contributed by atoms with Gasteiger partial charge in [-0.2, -0.15) is 0 Å². The van der Waals surface area contributed by atoms with E-state index >= 15 is 0 Å². The van der Waals surface area contributed by atoms with Crippen LogP contribution >= 0.6 is 0 Å². The fourth-order valence-corrected chi connectivity index (χ4v) is 1.44. The van der Waals surface area contributed by atoms with Crippen LogP contribution in [-0.2, 0) is 4.74 Å². The summed E-state index contributed by atoms with van der Waals surface area (Å²) in [6.07, 6.45) is 3.91. The lowest BCUT2D eigenvalue weighted by Gasteiger charge is -2.16. The lowest BCUT2D eigenvalue weighted by molar-refractivity contribution is 0.135. The van der Waals surface area contributed by atoms with Crippen LogP contribution in [0.3, 0.4) is 0 Å². The fraction of sp³-hybridized carbons (Fsp3) is 1.00. The minimum absolute atomic E-state index is 0.840. The standard InChI is InChI=1S/C11H24N2O/c1-3-14-10-4-8-13(2)9-7-12-11-5-6-11/h11-12H,3-10H2,1-2H3. The molecule has 0 aromatic carbocycles. The van der Waals surface area contributed by atoms with E-state index in [1.165, 1.54) is 12.8 Å². The molecular formula is C11H24N2O. The van der Waals surface area contributed by atoms with Crippen LogP contribution in [0.2, 0.25) is 0 Å². The molecule has 0 saturated heterocycles. The van der Waals surface area contributed by atoms with Crippen LogP contribution in [0.5, 0.6) is 0 Å². The van der Waals surface area contributed by atoms with Crippen molar-refractivity contribution >= 4 is 0 Å². The van der Waals surface area contributed by atoms with Gasteiger partial charge in [0.2, 0.25) is 0 Å². The number of hydrogen-bond donors (Lipinski definition) is 1. The summed E-state index contributed by atoms with van der Waals surface area (Å²) in [5.74, 6) is 0. The second kappa shape index (κ2) is 7.21.